The summed E-state index contributed by atoms with van der Waals surface area (Å²) in [4.78, 5) is 16.3. The van der Waals surface area contributed by atoms with Crippen molar-refractivity contribution >= 4 is 22.9 Å². The Kier molecular flexibility index (Phi) is 4.04. The number of carbonyl (C=O) groups is 1. The summed E-state index contributed by atoms with van der Waals surface area (Å²) in [5, 5.41) is 12.5. The molecule has 0 fully saturated rings. The molecule has 0 atom stereocenters. The fourth-order valence-corrected chi connectivity index (χ4v) is 1.57. The Labute approximate surface area is 81.2 Å². The van der Waals surface area contributed by atoms with Crippen LogP contribution in [-0.2, 0) is 4.79 Å². The van der Waals surface area contributed by atoms with Crippen molar-refractivity contribution in [2.45, 2.75) is 6.92 Å². The molecule has 0 amide bonds. The number of carboxylic acids is 1. The van der Waals surface area contributed by atoms with Crippen LogP contribution >= 0.6 is 11.8 Å². The van der Waals surface area contributed by atoms with Crippen LogP contribution in [0.4, 0.5) is 0 Å². The summed E-state index contributed by atoms with van der Waals surface area (Å²) < 4.78 is 0. The lowest BCUT2D eigenvalue weighted by molar-refractivity contribution is -0.138. The number of hydrogen-bond acceptors (Lipinski definition) is 5. The zero-order chi connectivity index (χ0) is 9.68. The van der Waals surface area contributed by atoms with Crippen molar-refractivity contribution in [3.63, 3.8) is 0 Å². The highest BCUT2D eigenvalue weighted by molar-refractivity contribution is 8.13. The topological polar surface area (TPSA) is 64.9 Å². The van der Waals surface area contributed by atoms with E-state index in [0.29, 0.717) is 13.3 Å². The molecule has 1 aliphatic rings. The molecular formula is C7H13N3O2S. The minimum atomic E-state index is -0.816. The Hall–Kier alpha value is -0.750. The van der Waals surface area contributed by atoms with E-state index in [9.17, 15) is 4.79 Å². The molecule has 74 valence electrons. The first-order valence-corrected chi connectivity index (χ1v) is 5.06. The molecule has 0 aromatic heterocycles. The number of hydrogen-bond donors (Lipinski definition) is 2. The lowest BCUT2D eigenvalue weighted by Gasteiger charge is -2.24. The second-order valence-corrected chi connectivity index (χ2v) is 3.85. The van der Waals surface area contributed by atoms with Crippen LogP contribution in [0.1, 0.15) is 6.92 Å². The van der Waals surface area contributed by atoms with Crippen molar-refractivity contribution in [1.82, 2.24) is 10.2 Å². The SMILES string of the molecule is CCSC1=NCN(CC(=O)O)CN1. The van der Waals surface area contributed by atoms with E-state index >= 15 is 0 Å². The monoisotopic (exact) mass is 203 g/mol. The van der Waals surface area contributed by atoms with Crippen LogP contribution in [0.2, 0.25) is 0 Å². The van der Waals surface area contributed by atoms with Gasteiger partial charge in [-0.15, -0.1) is 0 Å². The lowest BCUT2D eigenvalue weighted by Crippen LogP contribution is -2.43. The summed E-state index contributed by atoms with van der Waals surface area (Å²) in [5.41, 5.74) is 0. The Morgan fingerprint density at radius 3 is 3.08 bits per heavy atom. The predicted molar refractivity (Wildman–Crippen MR) is 52.8 cm³/mol. The van der Waals surface area contributed by atoms with Gasteiger partial charge in [-0.3, -0.25) is 9.69 Å². The average Bonchev–Trinajstić information content (AvgIpc) is 2.08. The molecule has 6 heteroatoms. The molecule has 13 heavy (non-hydrogen) atoms. The number of rotatable bonds is 3. The molecule has 0 bridgehead atoms. The Morgan fingerprint density at radius 2 is 2.62 bits per heavy atom. The van der Waals surface area contributed by atoms with E-state index in [4.69, 9.17) is 5.11 Å². The van der Waals surface area contributed by atoms with Gasteiger partial charge in [0.05, 0.1) is 19.9 Å². The van der Waals surface area contributed by atoms with Gasteiger partial charge < -0.3 is 10.4 Å². The number of nitrogens with one attached hydrogen (secondary N) is 1. The second-order valence-electron chi connectivity index (χ2n) is 2.60. The molecule has 2 N–H and O–H groups in total. The molecular weight excluding hydrogens is 190 g/mol. The highest BCUT2D eigenvalue weighted by atomic mass is 32.2. The van der Waals surface area contributed by atoms with Crippen LogP contribution in [0, 0.1) is 0 Å². The molecule has 5 nitrogen and oxygen atoms in total. The summed E-state index contributed by atoms with van der Waals surface area (Å²) >= 11 is 1.64. The van der Waals surface area contributed by atoms with E-state index in [2.05, 4.69) is 17.2 Å². The van der Waals surface area contributed by atoms with E-state index in [1.807, 2.05) is 0 Å². The number of amidine groups is 1. The lowest BCUT2D eigenvalue weighted by atomic mass is 10.5. The van der Waals surface area contributed by atoms with Crippen LogP contribution < -0.4 is 5.32 Å². The molecule has 0 aromatic carbocycles. The maximum atomic E-state index is 10.4. The maximum absolute atomic E-state index is 10.4. The van der Waals surface area contributed by atoms with Crippen LogP contribution in [-0.4, -0.2) is 46.8 Å². The standard InChI is InChI=1S/C7H13N3O2S/c1-2-13-7-8-4-10(5-9-7)3-6(11)12/h2-5H2,1H3,(H,8,9)(H,11,12). The Balaban J connectivity index is 2.32. The van der Waals surface area contributed by atoms with Gasteiger partial charge in [0.15, 0.2) is 5.17 Å². The van der Waals surface area contributed by atoms with Gasteiger partial charge in [0.2, 0.25) is 0 Å². The van der Waals surface area contributed by atoms with Gasteiger partial charge in [-0.05, 0) is 5.75 Å². The van der Waals surface area contributed by atoms with E-state index in [-0.39, 0.29) is 6.54 Å². The smallest absolute Gasteiger partial charge is 0.317 e. The van der Waals surface area contributed by atoms with Gasteiger partial charge in [0, 0.05) is 0 Å². The van der Waals surface area contributed by atoms with Gasteiger partial charge >= 0.3 is 5.97 Å². The Bertz CT molecular complexity index is 220. The van der Waals surface area contributed by atoms with Gasteiger partial charge in [0.1, 0.15) is 0 Å². The van der Waals surface area contributed by atoms with E-state index in [0.717, 1.165) is 10.9 Å². The third-order valence-electron chi connectivity index (χ3n) is 1.51. The maximum Gasteiger partial charge on any atom is 0.317 e. The minimum Gasteiger partial charge on any atom is -0.480 e. The summed E-state index contributed by atoms with van der Waals surface area (Å²) in [5.74, 6) is 0.161. The van der Waals surface area contributed by atoms with Crippen molar-refractivity contribution in [2.75, 3.05) is 25.6 Å². The van der Waals surface area contributed by atoms with Crippen molar-refractivity contribution in [2.24, 2.45) is 4.99 Å². The molecule has 0 radical (unpaired) electrons. The molecule has 0 unspecified atom stereocenters. The second kappa shape index (κ2) is 5.08. The third kappa shape index (κ3) is 3.65. The molecule has 1 rings (SSSR count). The Morgan fingerprint density at radius 1 is 1.85 bits per heavy atom. The highest BCUT2D eigenvalue weighted by Crippen LogP contribution is 2.04. The number of carboxylic acid groups (broad SMARTS) is 1. The number of thioether (sulfide) groups is 1. The summed E-state index contributed by atoms with van der Waals surface area (Å²) in [6.45, 7) is 3.14. The number of aliphatic carboxylic acids is 1. The average molecular weight is 203 g/mol. The fraction of sp³-hybridized carbons (Fsp3) is 0.714. The first kappa shape index (κ1) is 10.3. The van der Waals surface area contributed by atoms with Crippen molar-refractivity contribution in [1.29, 1.82) is 0 Å². The zero-order valence-corrected chi connectivity index (χ0v) is 8.30. The third-order valence-corrected chi connectivity index (χ3v) is 2.34. The van der Waals surface area contributed by atoms with Gasteiger partial charge in [0.25, 0.3) is 0 Å². The molecule has 1 heterocycles. The van der Waals surface area contributed by atoms with Crippen LogP contribution in [0.5, 0.6) is 0 Å². The largest absolute Gasteiger partial charge is 0.480 e. The molecule has 0 aromatic rings. The quantitative estimate of drug-likeness (QED) is 0.676. The summed E-state index contributed by atoms with van der Waals surface area (Å²) in [7, 11) is 0. The molecule has 0 saturated carbocycles. The van der Waals surface area contributed by atoms with Crippen molar-refractivity contribution in [3.8, 4) is 0 Å². The van der Waals surface area contributed by atoms with E-state index in [1.54, 1.807) is 16.7 Å². The highest BCUT2D eigenvalue weighted by Gasteiger charge is 2.13. The van der Waals surface area contributed by atoms with Crippen LogP contribution in [0.3, 0.4) is 0 Å². The predicted octanol–water partition coefficient (Wildman–Crippen LogP) is 0.000300. The van der Waals surface area contributed by atoms with Gasteiger partial charge in [-0.2, -0.15) is 0 Å². The van der Waals surface area contributed by atoms with Crippen LogP contribution in [0.25, 0.3) is 0 Å². The first-order valence-electron chi connectivity index (χ1n) is 4.07. The van der Waals surface area contributed by atoms with Gasteiger partial charge in [-0.1, -0.05) is 18.7 Å². The molecule has 0 aliphatic carbocycles. The number of nitrogens with zero attached hydrogens (tertiary/aromatic N) is 2. The van der Waals surface area contributed by atoms with Crippen molar-refractivity contribution in [3.05, 3.63) is 0 Å². The minimum absolute atomic E-state index is 0.0422. The molecule has 0 spiro atoms. The normalized spacial score (nSPS) is 17.8. The van der Waals surface area contributed by atoms with Crippen LogP contribution in [0.15, 0.2) is 4.99 Å². The fourth-order valence-electron chi connectivity index (χ4n) is 0.980. The van der Waals surface area contributed by atoms with Gasteiger partial charge in [-0.25, -0.2) is 4.99 Å². The number of aliphatic imine (C=N–C) groups is 1. The summed E-state index contributed by atoms with van der Waals surface area (Å²) in [6.07, 6.45) is 0. The van der Waals surface area contributed by atoms with Crippen molar-refractivity contribution < 1.29 is 9.90 Å². The van der Waals surface area contributed by atoms with E-state index < -0.39 is 5.97 Å². The molecule has 1 aliphatic heterocycles. The zero-order valence-electron chi connectivity index (χ0n) is 7.49. The first-order chi connectivity index (χ1) is 6.22. The van der Waals surface area contributed by atoms with E-state index in [1.165, 1.54) is 0 Å². The summed E-state index contributed by atoms with van der Waals surface area (Å²) in [6, 6.07) is 0. The molecule has 0 saturated heterocycles.